The fourth-order valence-electron chi connectivity index (χ4n) is 3.44. The van der Waals surface area contributed by atoms with E-state index in [9.17, 15) is 9.18 Å². The van der Waals surface area contributed by atoms with Crippen molar-refractivity contribution in [1.82, 2.24) is 5.43 Å². The maximum atomic E-state index is 12.8. The zero-order valence-corrected chi connectivity index (χ0v) is 18.4. The molecular formula is C25H41FN2O. The monoisotopic (exact) mass is 404 g/mol. The van der Waals surface area contributed by atoms with Gasteiger partial charge in [-0.2, -0.15) is 5.10 Å². The lowest BCUT2D eigenvalue weighted by Crippen LogP contribution is -2.16. The molecule has 1 aromatic rings. The van der Waals surface area contributed by atoms with Gasteiger partial charge in [0.05, 0.1) is 6.21 Å². The number of hydrogen-bond donors (Lipinski definition) is 1. The number of amides is 1. The predicted molar refractivity (Wildman–Crippen MR) is 122 cm³/mol. The van der Waals surface area contributed by atoms with E-state index in [0.717, 1.165) is 18.4 Å². The van der Waals surface area contributed by atoms with Gasteiger partial charge in [-0.05, 0) is 24.1 Å². The van der Waals surface area contributed by atoms with Crippen LogP contribution in [0.5, 0.6) is 0 Å². The highest BCUT2D eigenvalue weighted by Gasteiger charge is 1.99. The number of benzene rings is 1. The van der Waals surface area contributed by atoms with Gasteiger partial charge in [-0.15, -0.1) is 0 Å². The van der Waals surface area contributed by atoms with Crippen molar-refractivity contribution in [3.8, 4) is 0 Å². The Kier molecular flexibility index (Phi) is 16.0. The van der Waals surface area contributed by atoms with E-state index in [0.29, 0.717) is 6.42 Å². The second kappa shape index (κ2) is 18.3. The van der Waals surface area contributed by atoms with E-state index >= 15 is 0 Å². The summed E-state index contributed by atoms with van der Waals surface area (Å²) in [4.78, 5) is 11.7. The quantitative estimate of drug-likeness (QED) is 0.153. The molecule has 0 bridgehead atoms. The minimum absolute atomic E-state index is 0.0574. The summed E-state index contributed by atoms with van der Waals surface area (Å²) in [5, 5.41) is 3.91. The van der Waals surface area contributed by atoms with Gasteiger partial charge < -0.3 is 0 Å². The Balaban J connectivity index is 1.83. The molecule has 0 saturated carbocycles. The van der Waals surface area contributed by atoms with Crippen molar-refractivity contribution in [3.05, 3.63) is 35.6 Å². The molecule has 1 aromatic carbocycles. The number of halogens is 1. The summed E-state index contributed by atoms with van der Waals surface area (Å²) >= 11 is 0. The molecule has 1 rings (SSSR count). The summed E-state index contributed by atoms with van der Waals surface area (Å²) in [5.74, 6) is -0.336. The number of hydrogen-bond acceptors (Lipinski definition) is 2. The van der Waals surface area contributed by atoms with Crippen LogP contribution in [0.3, 0.4) is 0 Å². The number of unbranched alkanes of at least 4 members (excludes halogenated alkanes) is 14. The second-order valence-corrected chi connectivity index (χ2v) is 8.04. The van der Waals surface area contributed by atoms with E-state index in [-0.39, 0.29) is 11.7 Å². The van der Waals surface area contributed by atoms with Crippen LogP contribution in [0.4, 0.5) is 4.39 Å². The Morgan fingerprint density at radius 2 is 1.24 bits per heavy atom. The van der Waals surface area contributed by atoms with E-state index in [4.69, 9.17) is 0 Å². The maximum absolute atomic E-state index is 12.8. The average Bonchev–Trinajstić information content (AvgIpc) is 2.72. The largest absolute Gasteiger partial charge is 0.273 e. The highest BCUT2D eigenvalue weighted by atomic mass is 19.1. The smallest absolute Gasteiger partial charge is 0.240 e. The first kappa shape index (κ1) is 25.3. The molecule has 0 atom stereocenters. The van der Waals surface area contributed by atoms with Crippen molar-refractivity contribution in [1.29, 1.82) is 0 Å². The van der Waals surface area contributed by atoms with Gasteiger partial charge in [-0.1, -0.05) is 109 Å². The van der Waals surface area contributed by atoms with Crippen molar-refractivity contribution in [3.63, 3.8) is 0 Å². The highest BCUT2D eigenvalue weighted by Crippen LogP contribution is 2.13. The van der Waals surface area contributed by atoms with Crippen LogP contribution >= 0.6 is 0 Å². The summed E-state index contributed by atoms with van der Waals surface area (Å²) in [5.41, 5.74) is 3.29. The molecule has 0 saturated heterocycles. The molecule has 0 aliphatic carbocycles. The number of rotatable bonds is 18. The Hall–Kier alpha value is -1.71. The topological polar surface area (TPSA) is 41.5 Å². The van der Waals surface area contributed by atoms with Crippen LogP contribution in [-0.2, 0) is 4.79 Å². The number of nitrogens with one attached hydrogen (secondary N) is 1. The zero-order valence-electron chi connectivity index (χ0n) is 18.4. The summed E-state index contributed by atoms with van der Waals surface area (Å²) in [6.45, 7) is 2.27. The van der Waals surface area contributed by atoms with Crippen molar-refractivity contribution >= 4 is 12.1 Å². The lowest BCUT2D eigenvalue weighted by Gasteiger charge is -2.03. The van der Waals surface area contributed by atoms with Gasteiger partial charge in [0.1, 0.15) is 5.82 Å². The van der Waals surface area contributed by atoms with Gasteiger partial charge in [0.2, 0.25) is 5.91 Å². The number of nitrogens with zero attached hydrogens (tertiary/aromatic N) is 1. The van der Waals surface area contributed by atoms with Crippen LogP contribution in [0.2, 0.25) is 0 Å². The normalized spacial score (nSPS) is 11.2. The summed E-state index contributed by atoms with van der Waals surface area (Å²) < 4.78 is 12.8. The molecule has 0 unspecified atom stereocenters. The third kappa shape index (κ3) is 15.8. The van der Waals surface area contributed by atoms with Gasteiger partial charge in [0.15, 0.2) is 0 Å². The lowest BCUT2D eigenvalue weighted by atomic mass is 10.0. The summed E-state index contributed by atoms with van der Waals surface area (Å²) in [7, 11) is 0. The Morgan fingerprint density at radius 3 is 1.72 bits per heavy atom. The van der Waals surface area contributed by atoms with Crippen molar-refractivity contribution in [2.24, 2.45) is 5.10 Å². The summed E-state index contributed by atoms with van der Waals surface area (Å²) in [6, 6.07) is 6.00. The molecule has 1 N–H and O–H groups in total. The van der Waals surface area contributed by atoms with E-state index < -0.39 is 0 Å². The van der Waals surface area contributed by atoms with Gasteiger partial charge in [-0.3, -0.25) is 4.79 Å². The van der Waals surface area contributed by atoms with Crippen molar-refractivity contribution < 1.29 is 9.18 Å². The van der Waals surface area contributed by atoms with Crippen LogP contribution in [0.15, 0.2) is 29.4 Å². The van der Waals surface area contributed by atoms with Gasteiger partial charge in [-0.25, -0.2) is 9.82 Å². The molecule has 0 fully saturated rings. The summed E-state index contributed by atoms with van der Waals surface area (Å²) in [6.07, 6.45) is 21.8. The van der Waals surface area contributed by atoms with E-state index in [2.05, 4.69) is 17.5 Å². The van der Waals surface area contributed by atoms with E-state index in [1.54, 1.807) is 12.1 Å². The first-order valence-corrected chi connectivity index (χ1v) is 11.8. The fraction of sp³-hybridized carbons (Fsp3) is 0.680. The van der Waals surface area contributed by atoms with Gasteiger partial charge in [0, 0.05) is 6.42 Å². The molecule has 0 heterocycles. The molecule has 0 radical (unpaired) electrons. The zero-order chi connectivity index (χ0) is 21.0. The van der Waals surface area contributed by atoms with Crippen LogP contribution < -0.4 is 5.43 Å². The van der Waals surface area contributed by atoms with E-state index in [1.165, 1.54) is 102 Å². The molecule has 0 spiro atoms. The lowest BCUT2D eigenvalue weighted by molar-refractivity contribution is -0.121. The molecule has 1 amide bonds. The molecule has 0 aliphatic rings. The van der Waals surface area contributed by atoms with Crippen molar-refractivity contribution in [2.75, 3.05) is 0 Å². The molecule has 0 aliphatic heterocycles. The predicted octanol–water partition coefficient (Wildman–Crippen LogP) is 7.54. The first-order valence-electron chi connectivity index (χ1n) is 11.8. The third-order valence-electron chi connectivity index (χ3n) is 5.28. The van der Waals surface area contributed by atoms with Crippen LogP contribution in [-0.4, -0.2) is 12.1 Å². The van der Waals surface area contributed by atoms with Gasteiger partial charge >= 0.3 is 0 Å². The average molecular weight is 405 g/mol. The van der Waals surface area contributed by atoms with E-state index in [1.807, 2.05) is 0 Å². The standard InChI is InChI=1S/C25H41FN2O/c1-2-3-4-5-6-7-8-9-10-11-12-13-14-15-16-17-25(29)28-27-22-23-18-20-24(26)21-19-23/h18-22H,2-17H2,1H3,(H,28,29)/b27-22-. The highest BCUT2D eigenvalue weighted by molar-refractivity contribution is 5.82. The fourth-order valence-corrected chi connectivity index (χ4v) is 3.44. The minimum atomic E-state index is -0.278. The number of carbonyl (C=O) groups is 1. The molecule has 164 valence electrons. The third-order valence-corrected chi connectivity index (χ3v) is 5.28. The number of carbonyl (C=O) groups excluding carboxylic acids is 1. The van der Waals surface area contributed by atoms with Crippen LogP contribution in [0.25, 0.3) is 0 Å². The maximum Gasteiger partial charge on any atom is 0.240 e. The SMILES string of the molecule is CCCCCCCCCCCCCCCCCC(=O)N/N=C\c1ccc(F)cc1. The molecule has 4 heteroatoms. The second-order valence-electron chi connectivity index (χ2n) is 8.04. The molecular weight excluding hydrogens is 363 g/mol. The Bertz CT molecular complexity index is 542. The molecule has 3 nitrogen and oxygen atoms in total. The van der Waals surface area contributed by atoms with Crippen molar-refractivity contribution in [2.45, 2.75) is 110 Å². The number of hydrazone groups is 1. The molecule has 29 heavy (non-hydrogen) atoms. The van der Waals surface area contributed by atoms with Gasteiger partial charge in [0.25, 0.3) is 0 Å². The Labute approximate surface area is 177 Å². The van der Waals surface area contributed by atoms with Crippen LogP contribution in [0, 0.1) is 5.82 Å². The Morgan fingerprint density at radius 1 is 0.793 bits per heavy atom. The minimum Gasteiger partial charge on any atom is -0.273 e. The first-order chi connectivity index (χ1) is 14.2. The molecule has 0 aromatic heterocycles. The van der Waals surface area contributed by atoms with Crippen LogP contribution in [0.1, 0.15) is 115 Å².